The number of para-hydroxylation sites is 1. The standard InChI is InChI=1S/C30H33N3O6S/c1-19(2)16-25(30(36)37)32-28(35)18-26(34)24(17-22-11-5-9-20-8-3-4-13-23(20)22)33-40(38,39)27-14-6-10-21-12-7-15-31-29(21)27/h3-15,19,24-26,33-34H,16-18H2,1-2H3,(H,32,35)(H,36,37)/t24?,25-,26-/m0/s1. The van der Waals surface area contributed by atoms with Crippen molar-refractivity contribution in [1.82, 2.24) is 15.0 Å². The molecule has 10 heteroatoms. The van der Waals surface area contributed by atoms with Gasteiger partial charge in [0, 0.05) is 11.6 Å². The summed E-state index contributed by atoms with van der Waals surface area (Å²) < 4.78 is 29.9. The van der Waals surface area contributed by atoms with Crippen LogP contribution in [0.4, 0.5) is 0 Å². The van der Waals surface area contributed by atoms with Gasteiger partial charge in [-0.05, 0) is 47.2 Å². The highest BCUT2D eigenvalue weighted by atomic mass is 32.2. The van der Waals surface area contributed by atoms with Gasteiger partial charge in [0.15, 0.2) is 0 Å². The Morgan fingerprint density at radius 1 is 0.925 bits per heavy atom. The summed E-state index contributed by atoms with van der Waals surface area (Å²) in [7, 11) is -4.19. The molecule has 0 spiro atoms. The number of benzene rings is 3. The summed E-state index contributed by atoms with van der Waals surface area (Å²) in [4.78, 5) is 28.6. The molecule has 3 atom stereocenters. The van der Waals surface area contributed by atoms with Gasteiger partial charge in [-0.2, -0.15) is 0 Å². The maximum atomic E-state index is 13.6. The van der Waals surface area contributed by atoms with Crippen LogP contribution in [0.3, 0.4) is 0 Å². The molecule has 1 amide bonds. The Morgan fingerprint density at radius 2 is 1.60 bits per heavy atom. The van der Waals surface area contributed by atoms with Crippen LogP contribution < -0.4 is 10.0 Å². The molecule has 0 bridgehead atoms. The minimum absolute atomic E-state index is 0.0200. The molecule has 1 aromatic heterocycles. The third-order valence-corrected chi connectivity index (χ3v) is 8.23. The second-order valence-electron chi connectivity index (χ2n) is 10.3. The van der Waals surface area contributed by atoms with Gasteiger partial charge in [-0.1, -0.05) is 74.5 Å². The number of rotatable bonds is 12. The summed E-state index contributed by atoms with van der Waals surface area (Å²) in [6.07, 6.45) is -0.137. The van der Waals surface area contributed by atoms with E-state index in [0.29, 0.717) is 5.39 Å². The first-order chi connectivity index (χ1) is 19.0. The average molecular weight is 564 g/mol. The molecule has 0 aliphatic carbocycles. The predicted molar refractivity (Wildman–Crippen MR) is 153 cm³/mol. The van der Waals surface area contributed by atoms with E-state index in [-0.39, 0.29) is 29.2 Å². The topological polar surface area (TPSA) is 146 Å². The molecular weight excluding hydrogens is 530 g/mol. The number of aliphatic carboxylic acids is 1. The lowest BCUT2D eigenvalue weighted by Crippen LogP contribution is -2.48. The highest BCUT2D eigenvalue weighted by molar-refractivity contribution is 7.89. The van der Waals surface area contributed by atoms with E-state index in [1.165, 1.54) is 12.3 Å². The van der Waals surface area contributed by atoms with Crippen molar-refractivity contribution in [2.75, 3.05) is 0 Å². The summed E-state index contributed by atoms with van der Waals surface area (Å²) in [5.41, 5.74) is 1.07. The molecule has 210 valence electrons. The van der Waals surface area contributed by atoms with E-state index in [9.17, 15) is 28.2 Å². The van der Waals surface area contributed by atoms with Crippen LogP contribution >= 0.6 is 0 Å². The Kier molecular flexibility index (Phi) is 9.14. The van der Waals surface area contributed by atoms with E-state index in [4.69, 9.17) is 0 Å². The lowest BCUT2D eigenvalue weighted by molar-refractivity contribution is -0.142. The van der Waals surface area contributed by atoms with Gasteiger partial charge in [-0.3, -0.25) is 9.78 Å². The molecule has 40 heavy (non-hydrogen) atoms. The first-order valence-corrected chi connectivity index (χ1v) is 14.6. The zero-order valence-electron chi connectivity index (χ0n) is 22.3. The summed E-state index contributed by atoms with van der Waals surface area (Å²) in [5.74, 6) is -1.84. The van der Waals surface area contributed by atoms with Gasteiger partial charge in [0.1, 0.15) is 10.9 Å². The second kappa shape index (κ2) is 12.5. The number of aliphatic hydroxyl groups excluding tert-OH is 1. The van der Waals surface area contributed by atoms with Crippen LogP contribution in [-0.2, 0) is 26.0 Å². The number of aliphatic hydroxyl groups is 1. The van der Waals surface area contributed by atoms with Gasteiger partial charge in [0.25, 0.3) is 0 Å². The molecular formula is C30H33N3O6S. The van der Waals surface area contributed by atoms with Crippen molar-refractivity contribution in [2.24, 2.45) is 5.92 Å². The minimum atomic E-state index is -4.19. The first-order valence-electron chi connectivity index (χ1n) is 13.1. The van der Waals surface area contributed by atoms with Crippen LogP contribution in [0, 0.1) is 5.92 Å². The molecule has 9 nitrogen and oxygen atoms in total. The van der Waals surface area contributed by atoms with Crippen LogP contribution in [0.5, 0.6) is 0 Å². The molecule has 1 heterocycles. The average Bonchev–Trinajstić information content (AvgIpc) is 2.91. The zero-order chi connectivity index (χ0) is 28.9. The van der Waals surface area contributed by atoms with Crippen LogP contribution in [0.1, 0.15) is 32.3 Å². The van der Waals surface area contributed by atoms with E-state index < -0.39 is 46.5 Å². The number of hydrogen-bond donors (Lipinski definition) is 4. The van der Waals surface area contributed by atoms with Gasteiger partial charge < -0.3 is 15.5 Å². The molecule has 0 aliphatic rings. The monoisotopic (exact) mass is 563 g/mol. The van der Waals surface area contributed by atoms with Gasteiger partial charge >= 0.3 is 5.97 Å². The number of fused-ring (bicyclic) bond motifs is 2. The normalized spacial score (nSPS) is 14.2. The Hall–Kier alpha value is -3.86. The van der Waals surface area contributed by atoms with Crippen LogP contribution in [0.25, 0.3) is 21.7 Å². The maximum absolute atomic E-state index is 13.6. The summed E-state index contributed by atoms with van der Waals surface area (Å²) in [6.45, 7) is 3.68. The second-order valence-corrected chi connectivity index (χ2v) is 11.9. The molecule has 0 saturated heterocycles. The van der Waals surface area contributed by atoms with Crippen molar-refractivity contribution in [3.63, 3.8) is 0 Å². The number of carbonyl (C=O) groups is 2. The van der Waals surface area contributed by atoms with E-state index in [1.54, 1.807) is 24.3 Å². The number of hydrogen-bond acceptors (Lipinski definition) is 6. The van der Waals surface area contributed by atoms with Crippen LogP contribution in [0.2, 0.25) is 0 Å². The molecule has 1 unspecified atom stereocenters. The Bertz CT molecular complexity index is 1610. The molecule has 0 aliphatic heterocycles. The molecule has 3 aromatic carbocycles. The number of amides is 1. The third kappa shape index (κ3) is 7.01. The SMILES string of the molecule is CC(C)C[C@H](NC(=O)C[C@H](O)C(Cc1cccc2ccccc12)NS(=O)(=O)c1cccc2cccnc12)C(=O)O. The van der Waals surface area contributed by atoms with Gasteiger partial charge in [0.05, 0.1) is 24.1 Å². The van der Waals surface area contributed by atoms with Gasteiger partial charge in [-0.15, -0.1) is 0 Å². The highest BCUT2D eigenvalue weighted by Gasteiger charge is 2.31. The lowest BCUT2D eigenvalue weighted by atomic mass is 9.95. The Balaban J connectivity index is 1.65. The number of carboxylic acid groups (broad SMARTS) is 1. The maximum Gasteiger partial charge on any atom is 0.326 e. The molecule has 4 rings (SSSR count). The number of pyridine rings is 1. The predicted octanol–water partition coefficient (Wildman–Crippen LogP) is 3.64. The zero-order valence-corrected chi connectivity index (χ0v) is 23.1. The van der Waals surface area contributed by atoms with Crippen LogP contribution in [-0.4, -0.2) is 53.7 Å². The van der Waals surface area contributed by atoms with Crippen molar-refractivity contribution in [1.29, 1.82) is 0 Å². The number of carboxylic acids is 1. The minimum Gasteiger partial charge on any atom is -0.480 e. The molecule has 0 fully saturated rings. The Morgan fingerprint density at radius 3 is 2.35 bits per heavy atom. The van der Waals surface area contributed by atoms with Crippen LogP contribution in [0.15, 0.2) is 83.9 Å². The molecule has 4 aromatic rings. The van der Waals surface area contributed by atoms with Crippen molar-refractivity contribution in [3.05, 3.63) is 84.6 Å². The van der Waals surface area contributed by atoms with E-state index in [1.807, 2.05) is 56.3 Å². The number of sulfonamides is 1. The fourth-order valence-electron chi connectivity index (χ4n) is 4.80. The summed E-state index contributed by atoms with van der Waals surface area (Å²) >= 11 is 0. The fourth-order valence-corrected chi connectivity index (χ4v) is 6.25. The largest absolute Gasteiger partial charge is 0.480 e. The van der Waals surface area contributed by atoms with E-state index in [0.717, 1.165) is 16.3 Å². The lowest BCUT2D eigenvalue weighted by Gasteiger charge is -2.25. The third-order valence-electron chi connectivity index (χ3n) is 6.71. The number of nitrogens with zero attached hydrogens (tertiary/aromatic N) is 1. The van der Waals surface area contributed by atoms with E-state index in [2.05, 4.69) is 15.0 Å². The van der Waals surface area contributed by atoms with Gasteiger partial charge in [0.2, 0.25) is 15.9 Å². The number of carbonyl (C=O) groups excluding carboxylic acids is 1. The van der Waals surface area contributed by atoms with Crippen molar-refractivity contribution >= 4 is 43.6 Å². The molecule has 0 radical (unpaired) electrons. The smallest absolute Gasteiger partial charge is 0.326 e. The van der Waals surface area contributed by atoms with Crippen molar-refractivity contribution in [3.8, 4) is 0 Å². The molecule has 0 saturated carbocycles. The fraction of sp³-hybridized carbons (Fsp3) is 0.300. The number of nitrogens with one attached hydrogen (secondary N) is 2. The molecule has 4 N–H and O–H groups in total. The van der Waals surface area contributed by atoms with E-state index >= 15 is 0 Å². The summed E-state index contributed by atoms with van der Waals surface area (Å²) in [5, 5.41) is 25.7. The first kappa shape index (κ1) is 29.1. The van der Waals surface area contributed by atoms with Crippen molar-refractivity contribution in [2.45, 2.75) is 56.2 Å². The van der Waals surface area contributed by atoms with Crippen molar-refractivity contribution < 1.29 is 28.2 Å². The highest BCUT2D eigenvalue weighted by Crippen LogP contribution is 2.24. The Labute approximate surface area is 233 Å². The number of aromatic nitrogens is 1. The summed E-state index contributed by atoms with van der Waals surface area (Å²) in [6, 6.07) is 19.3. The quantitative estimate of drug-likeness (QED) is 0.206. The van der Waals surface area contributed by atoms with Gasteiger partial charge in [-0.25, -0.2) is 17.9 Å².